The molecule has 2 heterocycles. The number of rotatable bonds is 6. The molecule has 0 aromatic heterocycles. The van der Waals surface area contributed by atoms with Crippen molar-refractivity contribution in [2.75, 3.05) is 41.7 Å². The Morgan fingerprint density at radius 1 is 0.656 bits per heavy atom. The van der Waals surface area contributed by atoms with E-state index in [9.17, 15) is 10.2 Å². The standard InChI is InChI=1S/C24H30O8/c1-23-11-31-22(14-9-17(29-5)20(26)18(10-14)30-6)24(23,2)12-32-21(23)13-7-15(27-3)19(25)16(8-13)28-4/h7-10,21-22,25-26H,11-12H2,1-6H3. The van der Waals surface area contributed by atoms with Gasteiger partial charge in [-0.05, 0) is 35.4 Å². The Morgan fingerprint density at radius 3 is 1.19 bits per heavy atom. The third-order valence-corrected chi connectivity index (χ3v) is 7.17. The molecule has 0 bridgehead atoms. The minimum Gasteiger partial charge on any atom is -0.502 e. The highest BCUT2D eigenvalue weighted by molar-refractivity contribution is 5.55. The van der Waals surface area contributed by atoms with Crippen LogP contribution in [0.4, 0.5) is 0 Å². The number of phenolic OH excluding ortho intramolecular Hbond substituents is 2. The molecule has 2 saturated heterocycles. The fraction of sp³-hybridized carbons (Fsp3) is 0.500. The number of methoxy groups -OCH3 is 4. The normalized spacial score (nSPS) is 28.9. The lowest BCUT2D eigenvalue weighted by Gasteiger charge is -2.37. The van der Waals surface area contributed by atoms with Gasteiger partial charge < -0.3 is 38.6 Å². The Morgan fingerprint density at radius 2 is 0.938 bits per heavy atom. The van der Waals surface area contributed by atoms with Crippen LogP contribution in [0, 0.1) is 10.8 Å². The third kappa shape index (κ3) is 3.04. The third-order valence-electron chi connectivity index (χ3n) is 7.17. The van der Waals surface area contributed by atoms with Crippen LogP contribution in [0.5, 0.6) is 34.5 Å². The lowest BCUT2D eigenvalue weighted by molar-refractivity contribution is -0.00663. The lowest BCUT2D eigenvalue weighted by Crippen LogP contribution is -2.37. The molecule has 0 amide bonds. The van der Waals surface area contributed by atoms with Crippen LogP contribution in [0.15, 0.2) is 24.3 Å². The molecule has 2 fully saturated rings. The molecule has 32 heavy (non-hydrogen) atoms. The van der Waals surface area contributed by atoms with Gasteiger partial charge in [0.15, 0.2) is 23.0 Å². The summed E-state index contributed by atoms with van der Waals surface area (Å²) in [5, 5.41) is 20.6. The summed E-state index contributed by atoms with van der Waals surface area (Å²) in [5.41, 5.74) is 0.909. The first-order chi connectivity index (χ1) is 15.2. The van der Waals surface area contributed by atoms with E-state index in [4.69, 9.17) is 28.4 Å². The van der Waals surface area contributed by atoms with Crippen LogP contribution in [0.25, 0.3) is 0 Å². The van der Waals surface area contributed by atoms with E-state index >= 15 is 0 Å². The number of phenols is 2. The first-order valence-corrected chi connectivity index (χ1v) is 10.4. The first kappa shape index (κ1) is 22.4. The SMILES string of the molecule is COc1cc(C2OCC3(C)C(c4cc(OC)c(O)c(OC)c4)OCC23C)cc(OC)c1O. The van der Waals surface area contributed by atoms with E-state index < -0.39 is 0 Å². The number of benzene rings is 2. The second-order valence-corrected chi connectivity index (χ2v) is 8.77. The zero-order valence-electron chi connectivity index (χ0n) is 19.2. The minimum atomic E-state index is -0.386. The Labute approximate surface area is 187 Å². The van der Waals surface area contributed by atoms with E-state index in [0.717, 1.165) is 11.1 Å². The zero-order chi connectivity index (χ0) is 23.3. The van der Waals surface area contributed by atoms with Gasteiger partial charge in [-0.15, -0.1) is 0 Å². The number of hydrogen-bond acceptors (Lipinski definition) is 8. The van der Waals surface area contributed by atoms with E-state index in [1.165, 1.54) is 28.4 Å². The van der Waals surface area contributed by atoms with Crippen molar-refractivity contribution in [2.24, 2.45) is 10.8 Å². The van der Waals surface area contributed by atoms with Gasteiger partial charge in [-0.3, -0.25) is 0 Å². The highest BCUT2D eigenvalue weighted by Gasteiger charge is 2.65. The molecule has 2 aromatic carbocycles. The van der Waals surface area contributed by atoms with E-state index in [2.05, 4.69) is 13.8 Å². The van der Waals surface area contributed by atoms with Crippen LogP contribution in [0.2, 0.25) is 0 Å². The average Bonchev–Trinajstić information content (AvgIpc) is 3.20. The maximum absolute atomic E-state index is 10.3. The first-order valence-electron chi connectivity index (χ1n) is 10.4. The molecule has 0 radical (unpaired) electrons. The van der Waals surface area contributed by atoms with Crippen molar-refractivity contribution in [2.45, 2.75) is 26.1 Å². The van der Waals surface area contributed by atoms with E-state index in [1.807, 2.05) is 0 Å². The topological polar surface area (TPSA) is 95.8 Å². The second kappa shape index (κ2) is 7.94. The predicted molar refractivity (Wildman–Crippen MR) is 116 cm³/mol. The molecule has 4 rings (SSSR count). The second-order valence-electron chi connectivity index (χ2n) is 8.77. The molecule has 8 nitrogen and oxygen atoms in total. The van der Waals surface area contributed by atoms with Crippen LogP contribution >= 0.6 is 0 Å². The van der Waals surface area contributed by atoms with Crippen molar-refractivity contribution < 1.29 is 38.6 Å². The maximum Gasteiger partial charge on any atom is 0.200 e. The number of hydrogen-bond donors (Lipinski definition) is 2. The van der Waals surface area contributed by atoms with Gasteiger partial charge in [0, 0.05) is 10.8 Å². The molecular weight excluding hydrogens is 416 g/mol. The van der Waals surface area contributed by atoms with Gasteiger partial charge in [0.2, 0.25) is 11.5 Å². The van der Waals surface area contributed by atoms with Crippen LogP contribution < -0.4 is 18.9 Å². The summed E-state index contributed by atoms with van der Waals surface area (Å²) in [7, 11) is 6.00. The number of ether oxygens (including phenoxy) is 6. The maximum atomic E-state index is 10.3. The predicted octanol–water partition coefficient (Wildman–Crippen LogP) is 3.99. The van der Waals surface area contributed by atoms with Crippen LogP contribution in [0.3, 0.4) is 0 Å². The minimum absolute atomic E-state index is 0.0477. The zero-order valence-corrected chi connectivity index (χ0v) is 19.2. The van der Waals surface area contributed by atoms with Crippen LogP contribution in [0.1, 0.15) is 37.2 Å². The van der Waals surface area contributed by atoms with Crippen molar-refractivity contribution in [1.29, 1.82) is 0 Å². The molecule has 2 aromatic rings. The quantitative estimate of drug-likeness (QED) is 0.688. The van der Waals surface area contributed by atoms with Crippen molar-refractivity contribution in [1.82, 2.24) is 0 Å². The largest absolute Gasteiger partial charge is 0.502 e. The van der Waals surface area contributed by atoms with Crippen LogP contribution in [-0.4, -0.2) is 51.9 Å². The molecule has 0 saturated carbocycles. The molecule has 4 atom stereocenters. The molecule has 2 N–H and O–H groups in total. The van der Waals surface area contributed by atoms with E-state index in [0.29, 0.717) is 36.2 Å². The molecule has 174 valence electrons. The van der Waals surface area contributed by atoms with Crippen LogP contribution in [-0.2, 0) is 9.47 Å². The van der Waals surface area contributed by atoms with Gasteiger partial charge in [0.1, 0.15) is 0 Å². The van der Waals surface area contributed by atoms with Crippen molar-refractivity contribution in [3.05, 3.63) is 35.4 Å². The molecule has 8 heteroatoms. The molecule has 2 aliphatic heterocycles. The fourth-order valence-corrected chi connectivity index (χ4v) is 5.02. The summed E-state index contributed by atoms with van der Waals surface area (Å²) >= 11 is 0. The monoisotopic (exact) mass is 446 g/mol. The van der Waals surface area contributed by atoms with Gasteiger partial charge in [0.25, 0.3) is 0 Å². The highest BCUT2D eigenvalue weighted by atomic mass is 16.5. The van der Waals surface area contributed by atoms with Gasteiger partial charge in [-0.25, -0.2) is 0 Å². The Balaban J connectivity index is 1.75. The van der Waals surface area contributed by atoms with Crippen molar-refractivity contribution in [3.63, 3.8) is 0 Å². The van der Waals surface area contributed by atoms with Gasteiger partial charge in [-0.1, -0.05) is 13.8 Å². The van der Waals surface area contributed by atoms with Gasteiger partial charge >= 0.3 is 0 Å². The molecule has 0 spiro atoms. The van der Waals surface area contributed by atoms with Gasteiger partial charge in [0.05, 0.1) is 53.9 Å². The smallest absolute Gasteiger partial charge is 0.200 e. The summed E-state index contributed by atoms with van der Waals surface area (Å²) in [5.74, 6) is 1.20. The lowest BCUT2D eigenvalue weighted by atomic mass is 9.62. The van der Waals surface area contributed by atoms with E-state index in [-0.39, 0.29) is 34.5 Å². The summed E-state index contributed by atoms with van der Waals surface area (Å²) in [4.78, 5) is 0. The van der Waals surface area contributed by atoms with Crippen molar-refractivity contribution in [3.8, 4) is 34.5 Å². The average molecular weight is 446 g/mol. The Hall–Kier alpha value is -2.84. The fourth-order valence-electron chi connectivity index (χ4n) is 5.02. The molecule has 0 aliphatic carbocycles. The van der Waals surface area contributed by atoms with E-state index in [1.54, 1.807) is 24.3 Å². The summed E-state index contributed by atoms with van der Waals surface area (Å²) in [6.07, 6.45) is -0.608. The summed E-state index contributed by atoms with van der Waals surface area (Å²) in [6, 6.07) is 7.11. The molecule has 2 aliphatic rings. The van der Waals surface area contributed by atoms with Gasteiger partial charge in [-0.2, -0.15) is 0 Å². The summed E-state index contributed by atoms with van der Waals surface area (Å²) < 4.78 is 34.1. The summed E-state index contributed by atoms with van der Waals surface area (Å²) in [6.45, 7) is 5.20. The highest BCUT2D eigenvalue weighted by Crippen LogP contribution is 2.66. The Bertz CT molecular complexity index is 890. The molecular formula is C24H30O8. The number of fused-ring (bicyclic) bond motifs is 1. The van der Waals surface area contributed by atoms with Crippen molar-refractivity contribution >= 4 is 0 Å². The molecule has 4 unspecified atom stereocenters. The Kier molecular flexibility index (Phi) is 5.55. The number of aromatic hydroxyl groups is 2.